The molecule has 0 bridgehead atoms. The molecule has 0 atom stereocenters. The number of methoxy groups -OCH3 is 1. The van der Waals surface area contributed by atoms with Crippen molar-refractivity contribution in [3.63, 3.8) is 0 Å². The number of fused-ring (bicyclic) bond motifs is 1. The van der Waals surface area contributed by atoms with Gasteiger partial charge in [-0.3, -0.25) is 4.79 Å². The lowest BCUT2D eigenvalue weighted by Gasteiger charge is -2.25. The fourth-order valence-electron chi connectivity index (χ4n) is 3.88. The van der Waals surface area contributed by atoms with Gasteiger partial charge in [-0.25, -0.2) is 13.2 Å². The molecule has 0 aliphatic carbocycles. The van der Waals surface area contributed by atoms with Crippen LogP contribution in [0, 0.1) is 0 Å². The van der Waals surface area contributed by atoms with Crippen LogP contribution in [-0.2, 0) is 21.3 Å². The number of carbonyl (C=O) groups excluding carboxylic acids is 2. The summed E-state index contributed by atoms with van der Waals surface area (Å²) >= 11 is 1.30. The maximum atomic E-state index is 12.8. The van der Waals surface area contributed by atoms with Gasteiger partial charge in [-0.15, -0.1) is 0 Å². The Hall–Kier alpha value is -2.82. The lowest BCUT2D eigenvalue weighted by atomic mass is 10.2. The minimum Gasteiger partial charge on any atom is -0.465 e. The Morgan fingerprint density at radius 3 is 2.33 bits per heavy atom. The van der Waals surface area contributed by atoms with Crippen LogP contribution in [0.1, 0.15) is 46.9 Å². The second kappa shape index (κ2) is 9.58. The average Bonchev–Trinajstić information content (AvgIpc) is 3.20. The minimum absolute atomic E-state index is 0.182. The molecule has 1 saturated heterocycles. The maximum Gasteiger partial charge on any atom is 0.337 e. The Labute approximate surface area is 196 Å². The normalized spacial score (nSPS) is 15.6. The van der Waals surface area contributed by atoms with Gasteiger partial charge in [-0.2, -0.15) is 9.30 Å². The van der Waals surface area contributed by atoms with E-state index in [9.17, 15) is 18.0 Å². The van der Waals surface area contributed by atoms with Crippen LogP contribution < -0.4 is 4.80 Å². The number of carbonyl (C=O) groups is 2. The summed E-state index contributed by atoms with van der Waals surface area (Å²) in [5.74, 6) is -0.888. The molecule has 1 fully saturated rings. The van der Waals surface area contributed by atoms with Gasteiger partial charge in [-0.1, -0.05) is 17.8 Å². The molecule has 10 heteroatoms. The number of ether oxygens (including phenoxy) is 1. The standard InChI is InChI=1S/C23H25N3O5S2/c1-3-26-19-12-9-17(22(28)31-2)15-20(19)32-23(26)24-21(27)16-7-10-18(11-8-16)33(29,30)25-13-5-4-6-14-25/h7-12,15H,3-6,13-14H2,1-2H3. The Balaban J connectivity index is 1.64. The third-order valence-electron chi connectivity index (χ3n) is 5.67. The summed E-state index contributed by atoms with van der Waals surface area (Å²) in [7, 11) is -2.22. The fourth-order valence-corrected chi connectivity index (χ4v) is 6.53. The second-order valence-electron chi connectivity index (χ2n) is 7.71. The quantitative estimate of drug-likeness (QED) is 0.514. The first kappa shape index (κ1) is 23.3. The molecule has 174 valence electrons. The number of benzene rings is 2. The van der Waals surface area contributed by atoms with Gasteiger partial charge in [0, 0.05) is 25.2 Å². The summed E-state index contributed by atoms with van der Waals surface area (Å²) in [6.45, 7) is 3.60. The molecule has 1 aliphatic rings. The zero-order valence-corrected chi connectivity index (χ0v) is 20.1. The zero-order valence-electron chi connectivity index (χ0n) is 18.5. The molecule has 1 aromatic heterocycles. The van der Waals surface area contributed by atoms with E-state index in [1.165, 1.54) is 47.0 Å². The number of nitrogens with zero attached hydrogens (tertiary/aromatic N) is 3. The van der Waals surface area contributed by atoms with E-state index in [2.05, 4.69) is 4.99 Å². The molecule has 4 rings (SSSR count). The predicted molar refractivity (Wildman–Crippen MR) is 126 cm³/mol. The highest BCUT2D eigenvalue weighted by Gasteiger charge is 2.26. The Morgan fingerprint density at radius 1 is 1.03 bits per heavy atom. The van der Waals surface area contributed by atoms with E-state index >= 15 is 0 Å². The van der Waals surface area contributed by atoms with Gasteiger partial charge in [0.05, 0.1) is 27.8 Å². The van der Waals surface area contributed by atoms with Crippen molar-refractivity contribution in [2.75, 3.05) is 20.2 Å². The Morgan fingerprint density at radius 2 is 1.70 bits per heavy atom. The van der Waals surface area contributed by atoms with E-state index in [1.807, 2.05) is 17.6 Å². The third kappa shape index (κ3) is 4.64. The summed E-state index contributed by atoms with van der Waals surface area (Å²) < 4.78 is 34.6. The van der Waals surface area contributed by atoms with Crippen molar-refractivity contribution in [2.24, 2.45) is 4.99 Å². The molecule has 0 unspecified atom stereocenters. The highest BCUT2D eigenvalue weighted by atomic mass is 32.2. The smallest absolute Gasteiger partial charge is 0.337 e. The Bertz CT molecular complexity index is 1370. The lowest BCUT2D eigenvalue weighted by molar-refractivity contribution is 0.0600. The number of sulfonamides is 1. The molecule has 33 heavy (non-hydrogen) atoms. The number of aryl methyl sites for hydroxylation is 1. The predicted octanol–water partition coefficient (Wildman–Crippen LogP) is 3.43. The molecular weight excluding hydrogens is 462 g/mol. The molecule has 3 aromatic rings. The van der Waals surface area contributed by atoms with Gasteiger partial charge in [0.1, 0.15) is 0 Å². The van der Waals surface area contributed by atoms with E-state index in [-0.39, 0.29) is 4.90 Å². The van der Waals surface area contributed by atoms with Crippen LogP contribution in [0.5, 0.6) is 0 Å². The molecule has 0 radical (unpaired) electrons. The molecule has 2 heterocycles. The van der Waals surface area contributed by atoms with Gasteiger partial charge < -0.3 is 9.30 Å². The molecule has 1 aliphatic heterocycles. The van der Waals surface area contributed by atoms with Crippen molar-refractivity contribution < 1.29 is 22.7 Å². The van der Waals surface area contributed by atoms with E-state index in [1.54, 1.807) is 12.1 Å². The monoisotopic (exact) mass is 487 g/mol. The molecule has 1 amide bonds. The molecule has 0 spiro atoms. The summed E-state index contributed by atoms with van der Waals surface area (Å²) in [5, 5.41) is 0. The maximum absolute atomic E-state index is 12.8. The summed E-state index contributed by atoms with van der Waals surface area (Å²) in [5.41, 5.74) is 1.60. The van der Waals surface area contributed by atoms with Crippen LogP contribution in [0.25, 0.3) is 10.2 Å². The lowest BCUT2D eigenvalue weighted by Crippen LogP contribution is -2.35. The van der Waals surface area contributed by atoms with Crippen molar-refractivity contribution in [1.82, 2.24) is 8.87 Å². The minimum atomic E-state index is -3.55. The van der Waals surface area contributed by atoms with Crippen LogP contribution >= 0.6 is 11.3 Å². The first-order valence-corrected chi connectivity index (χ1v) is 13.0. The first-order valence-electron chi connectivity index (χ1n) is 10.8. The number of aromatic nitrogens is 1. The molecule has 0 saturated carbocycles. The largest absolute Gasteiger partial charge is 0.465 e. The number of hydrogen-bond acceptors (Lipinski definition) is 6. The molecular formula is C23H25N3O5S2. The van der Waals surface area contributed by atoms with Crippen molar-refractivity contribution in [1.29, 1.82) is 0 Å². The van der Waals surface area contributed by atoms with Crippen molar-refractivity contribution in [3.8, 4) is 0 Å². The van der Waals surface area contributed by atoms with Gasteiger partial charge in [-0.05, 0) is 62.2 Å². The van der Waals surface area contributed by atoms with Crippen molar-refractivity contribution in [2.45, 2.75) is 37.6 Å². The van der Waals surface area contributed by atoms with Crippen LogP contribution in [0.2, 0.25) is 0 Å². The fraction of sp³-hybridized carbons (Fsp3) is 0.348. The van der Waals surface area contributed by atoms with Crippen molar-refractivity contribution in [3.05, 3.63) is 58.4 Å². The van der Waals surface area contributed by atoms with Crippen LogP contribution in [-0.4, -0.2) is 49.4 Å². The van der Waals surface area contributed by atoms with E-state index in [0.29, 0.717) is 35.6 Å². The van der Waals surface area contributed by atoms with Crippen molar-refractivity contribution >= 4 is 43.5 Å². The second-order valence-corrected chi connectivity index (χ2v) is 10.7. The van der Waals surface area contributed by atoms with E-state index in [0.717, 1.165) is 29.5 Å². The van der Waals surface area contributed by atoms with Crippen LogP contribution in [0.4, 0.5) is 0 Å². The van der Waals surface area contributed by atoms with Gasteiger partial charge in [0.25, 0.3) is 5.91 Å². The zero-order chi connectivity index (χ0) is 23.6. The van der Waals surface area contributed by atoms with Crippen LogP contribution in [0.3, 0.4) is 0 Å². The summed E-state index contributed by atoms with van der Waals surface area (Å²) in [6.07, 6.45) is 2.77. The van der Waals surface area contributed by atoms with E-state index in [4.69, 9.17) is 4.74 Å². The highest BCUT2D eigenvalue weighted by Crippen LogP contribution is 2.22. The van der Waals surface area contributed by atoms with Gasteiger partial charge in [0.2, 0.25) is 10.0 Å². The molecule has 8 nitrogen and oxygen atoms in total. The number of rotatable bonds is 5. The van der Waals surface area contributed by atoms with Crippen LogP contribution in [0.15, 0.2) is 52.4 Å². The summed E-state index contributed by atoms with van der Waals surface area (Å²) in [6, 6.07) is 11.2. The number of thiazole rings is 1. The van der Waals surface area contributed by atoms with Gasteiger partial charge >= 0.3 is 5.97 Å². The molecule has 0 N–H and O–H groups in total. The SMILES string of the molecule is CCn1c(=NC(=O)c2ccc(S(=O)(=O)N3CCCCC3)cc2)sc2cc(C(=O)OC)ccc21. The Kier molecular flexibility index (Phi) is 6.78. The number of piperidine rings is 1. The topological polar surface area (TPSA) is 98.0 Å². The molecule has 2 aromatic carbocycles. The number of hydrogen-bond donors (Lipinski definition) is 0. The number of esters is 1. The number of amides is 1. The third-order valence-corrected chi connectivity index (χ3v) is 8.63. The highest BCUT2D eigenvalue weighted by molar-refractivity contribution is 7.89. The first-order chi connectivity index (χ1) is 15.8. The summed E-state index contributed by atoms with van der Waals surface area (Å²) in [4.78, 5) is 29.6. The average molecular weight is 488 g/mol. The van der Waals surface area contributed by atoms with Gasteiger partial charge in [0.15, 0.2) is 4.80 Å². The van der Waals surface area contributed by atoms with E-state index < -0.39 is 21.9 Å².